The average Bonchev–Trinajstić information content (AvgIpc) is 4.24. The molecule has 75 heavy (non-hydrogen) atoms. The van der Waals surface area contributed by atoms with Gasteiger partial charge in [0, 0.05) is 54.1 Å². The van der Waals surface area contributed by atoms with E-state index < -0.39 is 26.0 Å². The SMILES string of the molecule is Cc1cc(-c2ccccc2)cc(C)c1-n1c(-c2[c-]cc(F)c3c2sc2ccncc23)nc2cc3c(cc21)c(C)c(C)c1ccccc13.[2H]C([2H])([2H])c1c[c-]c(-c2cc(C([2H])(C)C(C)c3ccccc3)[c]([Ge]([CH3])([CH3])[CH3])cn2)cc1.[Ir]. The molecule has 0 aliphatic rings. The van der Waals surface area contributed by atoms with Gasteiger partial charge in [-0.3, -0.25) is 14.4 Å². The van der Waals surface area contributed by atoms with E-state index in [1.165, 1.54) is 60.3 Å². The Morgan fingerprint density at radius 1 is 0.707 bits per heavy atom. The Kier molecular flexibility index (Phi) is 13.0. The van der Waals surface area contributed by atoms with Crippen LogP contribution in [-0.2, 0) is 20.1 Å². The van der Waals surface area contributed by atoms with E-state index in [1.807, 2.05) is 49.5 Å². The molecule has 375 valence electrons. The van der Waals surface area contributed by atoms with Crippen molar-refractivity contribution in [3.05, 3.63) is 221 Å². The van der Waals surface area contributed by atoms with Gasteiger partial charge in [0.25, 0.3) is 0 Å². The minimum Gasteiger partial charge on any atom is 0 e. The number of fused-ring (bicyclic) bond motifs is 7. The second kappa shape index (κ2) is 20.8. The zero-order valence-corrected chi connectivity index (χ0v) is 48.9. The van der Waals surface area contributed by atoms with Crippen molar-refractivity contribution in [2.75, 3.05) is 0 Å². The molecule has 0 aliphatic heterocycles. The maximum Gasteiger partial charge on any atom is 0 e. The molecule has 0 spiro atoms. The number of hydrogen-bond acceptors (Lipinski definition) is 4. The van der Waals surface area contributed by atoms with Crippen LogP contribution in [-0.4, -0.2) is 32.8 Å². The van der Waals surface area contributed by atoms with Crippen LogP contribution in [0.2, 0.25) is 17.3 Å². The van der Waals surface area contributed by atoms with Crippen LogP contribution in [0.3, 0.4) is 0 Å². The second-order valence-corrected chi connectivity index (χ2v) is 32.3. The number of aryl methyl sites for hydroxylation is 5. The third-order valence-electron chi connectivity index (χ3n) is 14.9. The van der Waals surface area contributed by atoms with Gasteiger partial charge in [0.1, 0.15) is 0 Å². The second-order valence-electron chi connectivity index (χ2n) is 20.6. The molecule has 0 amide bonds. The monoisotopic (exact) mass is 1240 g/mol. The summed E-state index contributed by atoms with van der Waals surface area (Å²) in [5, 5.41) is 6.25. The van der Waals surface area contributed by atoms with Crippen molar-refractivity contribution in [2.24, 2.45) is 0 Å². The van der Waals surface area contributed by atoms with Crippen molar-refractivity contribution in [1.82, 2.24) is 19.5 Å². The number of nitrogens with zero attached hydrogens (tertiary/aromatic N) is 4. The normalized spacial score (nSPS) is 13.9. The van der Waals surface area contributed by atoms with Gasteiger partial charge in [-0.15, -0.1) is 12.1 Å². The fourth-order valence-corrected chi connectivity index (χ4v) is 15.1. The van der Waals surface area contributed by atoms with Crippen LogP contribution in [0.1, 0.15) is 70.1 Å². The first-order valence-corrected chi connectivity index (χ1v) is 33.3. The number of imidazole rings is 1. The Labute approximate surface area is 466 Å². The molecular weight excluding hydrogens is 1180 g/mol. The molecule has 4 heterocycles. The fraction of sp³-hybridized carbons (Fsp3) is 0.179. The van der Waals surface area contributed by atoms with Gasteiger partial charge in [0.2, 0.25) is 0 Å². The zero-order valence-electron chi connectivity index (χ0n) is 47.6. The van der Waals surface area contributed by atoms with E-state index in [2.05, 4.69) is 159 Å². The molecule has 4 nitrogen and oxygen atoms in total. The molecular formula is C67H59FGeIrN4S-2. The van der Waals surface area contributed by atoms with E-state index in [4.69, 9.17) is 14.1 Å². The molecule has 1 radical (unpaired) electrons. The molecule has 8 heteroatoms. The van der Waals surface area contributed by atoms with Crippen LogP contribution >= 0.6 is 11.3 Å². The Morgan fingerprint density at radius 2 is 1.40 bits per heavy atom. The molecule has 12 aromatic rings. The molecule has 8 aromatic carbocycles. The van der Waals surface area contributed by atoms with Crippen LogP contribution in [0.4, 0.5) is 4.39 Å². The summed E-state index contributed by atoms with van der Waals surface area (Å²) in [4.78, 5) is 14.4. The van der Waals surface area contributed by atoms with Crippen molar-refractivity contribution in [1.29, 1.82) is 0 Å². The van der Waals surface area contributed by atoms with Gasteiger partial charge in [-0.1, -0.05) is 60.2 Å². The van der Waals surface area contributed by atoms with Crippen LogP contribution in [0.5, 0.6) is 0 Å². The number of hydrogen-bond donors (Lipinski definition) is 0. The van der Waals surface area contributed by atoms with Crippen molar-refractivity contribution in [2.45, 2.75) is 77.5 Å². The number of pyridine rings is 2. The van der Waals surface area contributed by atoms with Crippen LogP contribution < -0.4 is 4.40 Å². The van der Waals surface area contributed by atoms with Gasteiger partial charge in [-0.2, -0.15) is 11.3 Å². The Bertz CT molecular complexity index is 4260. The summed E-state index contributed by atoms with van der Waals surface area (Å²) < 4.78 is 53.0. The Balaban J connectivity index is 0.000000192. The fourth-order valence-electron chi connectivity index (χ4n) is 10.7. The van der Waals surface area contributed by atoms with Crippen LogP contribution in [0, 0.1) is 52.5 Å². The van der Waals surface area contributed by atoms with E-state index in [1.54, 1.807) is 35.9 Å². The van der Waals surface area contributed by atoms with Gasteiger partial charge in [0.05, 0.1) is 16.9 Å². The summed E-state index contributed by atoms with van der Waals surface area (Å²) in [7, 11) is 0. The van der Waals surface area contributed by atoms with Crippen molar-refractivity contribution < 1.29 is 30.0 Å². The van der Waals surface area contributed by atoms with Gasteiger partial charge in [0.15, 0.2) is 0 Å². The maximum absolute atomic E-state index is 15.5. The van der Waals surface area contributed by atoms with Gasteiger partial charge < -0.3 is 4.57 Å². The molecule has 0 bridgehead atoms. The van der Waals surface area contributed by atoms with Crippen molar-refractivity contribution >= 4 is 81.7 Å². The molecule has 4 aromatic heterocycles. The number of benzene rings is 8. The van der Waals surface area contributed by atoms with E-state index in [9.17, 15) is 1.37 Å². The molecule has 0 aliphatic carbocycles. The van der Waals surface area contributed by atoms with Crippen molar-refractivity contribution in [3.63, 3.8) is 0 Å². The zero-order chi connectivity index (χ0) is 55.0. The average molecular weight is 1240 g/mol. The van der Waals surface area contributed by atoms with E-state index in [-0.39, 0.29) is 37.4 Å². The van der Waals surface area contributed by atoms with E-state index >= 15 is 4.39 Å². The number of aromatic nitrogens is 4. The van der Waals surface area contributed by atoms with Gasteiger partial charge in [-0.25, -0.2) is 0 Å². The quantitative estimate of drug-likeness (QED) is 0.0865. The maximum atomic E-state index is 15.5. The minimum atomic E-state index is -2.31. The van der Waals surface area contributed by atoms with Crippen LogP contribution in [0.15, 0.2) is 164 Å². The summed E-state index contributed by atoms with van der Waals surface area (Å²) in [6.07, 6.45) is 5.46. The molecule has 0 fully saturated rings. The third kappa shape index (κ3) is 9.59. The molecule has 0 saturated carbocycles. The summed E-state index contributed by atoms with van der Waals surface area (Å²) in [6, 6.07) is 55.1. The van der Waals surface area contributed by atoms with Gasteiger partial charge >= 0.3 is 173 Å². The summed E-state index contributed by atoms with van der Waals surface area (Å²) in [6.45, 7) is 10.7. The number of rotatable bonds is 8. The molecule has 0 N–H and O–H groups in total. The van der Waals surface area contributed by atoms with Crippen LogP contribution in [0.25, 0.3) is 92.2 Å². The number of halogens is 1. The first kappa shape index (κ1) is 46.9. The first-order chi connectivity index (χ1) is 37.2. The third-order valence-corrected chi connectivity index (χ3v) is 20.3. The standard InChI is InChI=1S/C42H29FN3S.C25H30GeN.Ir/c1-23-18-28(27-10-6-5-7-11-27)19-24(2)40(23)46-37-21-32-26(4)25(3)29-12-8-9-13-30(29)33(32)20-36(37)45-42(46)31-14-15-35(43)39-34-22-44-17-16-38(34)47-41(31)39;1-18-12-14-22(15-13-18)25-16-23(24(17-27-25)26(4,5)6)20(3)19(2)21-10-8-7-9-11-21;/h5-13,15-22H,1-4H3;7-14,16-17,19-20H,1-6H3;/q2*-1;/i;1D3,20D;. The summed E-state index contributed by atoms with van der Waals surface area (Å²) in [5.74, 6) is 6.56. The molecule has 2 atom stereocenters. The Morgan fingerprint density at radius 3 is 2.09 bits per heavy atom. The molecule has 0 saturated heterocycles. The number of thiophene rings is 1. The molecule has 2 unspecified atom stereocenters. The predicted molar refractivity (Wildman–Crippen MR) is 315 cm³/mol. The predicted octanol–water partition coefficient (Wildman–Crippen LogP) is 17.9. The smallest absolute Gasteiger partial charge is 0 e. The summed E-state index contributed by atoms with van der Waals surface area (Å²) >= 11 is -0.751. The van der Waals surface area contributed by atoms with E-state index in [0.717, 1.165) is 76.4 Å². The van der Waals surface area contributed by atoms with Gasteiger partial charge in [-0.05, 0) is 123 Å². The van der Waals surface area contributed by atoms with E-state index in [0.29, 0.717) is 5.39 Å². The topological polar surface area (TPSA) is 43.6 Å². The molecule has 12 rings (SSSR count). The largest absolute Gasteiger partial charge is 0 e. The first-order valence-electron chi connectivity index (χ1n) is 27.2. The minimum absolute atomic E-state index is 0. The Hall–Kier alpha value is -6.61. The summed E-state index contributed by atoms with van der Waals surface area (Å²) in [5.41, 5.74) is 14.8. The van der Waals surface area contributed by atoms with Crippen molar-refractivity contribution in [3.8, 4) is 39.5 Å².